The number of non-ortho nitro benzene ring substituents is 1. The second kappa shape index (κ2) is 9.27. The van der Waals surface area contributed by atoms with Gasteiger partial charge in [-0.1, -0.05) is 42.5 Å². The first-order chi connectivity index (χ1) is 11.1. The summed E-state index contributed by atoms with van der Waals surface area (Å²) in [6.45, 7) is 0.795. The Balaban J connectivity index is 1.63. The molecule has 0 amide bonds. The van der Waals surface area contributed by atoms with Gasteiger partial charge in [0.05, 0.1) is 4.92 Å². The Morgan fingerprint density at radius 1 is 1.13 bits per heavy atom. The van der Waals surface area contributed by atoms with Crippen LogP contribution in [0.1, 0.15) is 18.4 Å². The third-order valence-corrected chi connectivity index (χ3v) is 4.77. The van der Waals surface area contributed by atoms with Gasteiger partial charge in [-0.05, 0) is 30.5 Å². The maximum absolute atomic E-state index is 10.6. The Morgan fingerprint density at radius 3 is 2.48 bits per heavy atom. The molecular weight excluding hydrogens is 328 g/mol. The minimum Gasteiger partial charge on any atom is -0.385 e. The number of hydrogen-bond donors (Lipinski definition) is 1. The van der Waals surface area contributed by atoms with Gasteiger partial charge < -0.3 is 5.32 Å². The molecule has 0 saturated heterocycles. The largest absolute Gasteiger partial charge is 0.385 e. The van der Waals surface area contributed by atoms with E-state index in [0.29, 0.717) is 0 Å². The molecule has 4 nitrogen and oxygen atoms in total. The zero-order chi connectivity index (χ0) is 16.5. The highest BCUT2D eigenvalue weighted by Gasteiger charge is 2.04. The first-order valence-corrected chi connectivity index (χ1v) is 8.72. The van der Waals surface area contributed by atoms with E-state index < -0.39 is 4.92 Å². The summed E-state index contributed by atoms with van der Waals surface area (Å²) in [5, 5.41) is 13.8. The SMILES string of the molecule is O=[N+]([O-])c1ccc(NCCCC(=S)SCc2ccccc2)cc1. The van der Waals surface area contributed by atoms with Gasteiger partial charge in [0, 0.05) is 34.3 Å². The average molecular weight is 346 g/mol. The van der Waals surface area contributed by atoms with Gasteiger partial charge in [-0.15, -0.1) is 11.8 Å². The van der Waals surface area contributed by atoms with Gasteiger partial charge in [0.2, 0.25) is 0 Å². The minimum atomic E-state index is -0.397. The van der Waals surface area contributed by atoms with E-state index in [0.717, 1.165) is 35.0 Å². The number of nitrogens with zero attached hydrogens (tertiary/aromatic N) is 1. The summed E-state index contributed by atoms with van der Waals surface area (Å²) in [7, 11) is 0. The second-order valence-electron chi connectivity index (χ2n) is 4.98. The van der Waals surface area contributed by atoms with Gasteiger partial charge in [0.15, 0.2) is 0 Å². The summed E-state index contributed by atoms with van der Waals surface area (Å²) in [6, 6.07) is 16.7. The van der Waals surface area contributed by atoms with Crippen LogP contribution in [0.25, 0.3) is 0 Å². The summed E-state index contributed by atoms with van der Waals surface area (Å²) in [5.41, 5.74) is 2.27. The molecule has 0 bridgehead atoms. The molecule has 0 aliphatic rings. The molecule has 0 saturated carbocycles. The van der Waals surface area contributed by atoms with E-state index in [1.54, 1.807) is 23.9 Å². The van der Waals surface area contributed by atoms with Crippen molar-refractivity contribution >= 4 is 39.6 Å². The second-order valence-corrected chi connectivity index (χ2v) is 6.80. The van der Waals surface area contributed by atoms with E-state index in [2.05, 4.69) is 17.4 Å². The fourth-order valence-corrected chi connectivity index (χ4v) is 3.11. The van der Waals surface area contributed by atoms with Crippen LogP contribution in [0.4, 0.5) is 11.4 Å². The maximum Gasteiger partial charge on any atom is 0.269 e. The van der Waals surface area contributed by atoms with Crippen molar-refractivity contribution in [2.45, 2.75) is 18.6 Å². The standard InChI is InChI=1S/C17H18N2O2S2/c20-19(21)16-10-8-15(9-11-16)18-12-4-7-17(22)23-13-14-5-2-1-3-6-14/h1-3,5-6,8-11,18H,4,7,12-13H2. The van der Waals surface area contributed by atoms with Gasteiger partial charge in [-0.3, -0.25) is 10.1 Å². The molecule has 0 heterocycles. The molecule has 0 atom stereocenters. The minimum absolute atomic E-state index is 0.106. The number of benzene rings is 2. The Hall–Kier alpha value is -1.92. The zero-order valence-corrected chi connectivity index (χ0v) is 14.2. The Bertz CT molecular complexity index is 645. The highest BCUT2D eigenvalue weighted by Crippen LogP contribution is 2.18. The normalized spacial score (nSPS) is 10.3. The highest BCUT2D eigenvalue weighted by atomic mass is 32.2. The Kier molecular flexibility index (Phi) is 7.03. The smallest absolute Gasteiger partial charge is 0.269 e. The summed E-state index contributed by atoms with van der Waals surface area (Å²) >= 11 is 7.10. The van der Waals surface area contributed by atoms with Crippen molar-refractivity contribution in [1.82, 2.24) is 0 Å². The average Bonchev–Trinajstić information content (AvgIpc) is 2.58. The van der Waals surface area contributed by atoms with Crippen LogP contribution < -0.4 is 5.32 Å². The number of nitro benzene ring substituents is 1. The highest BCUT2D eigenvalue weighted by molar-refractivity contribution is 8.22. The third-order valence-electron chi connectivity index (χ3n) is 3.21. The van der Waals surface area contributed by atoms with Gasteiger partial charge in [-0.25, -0.2) is 0 Å². The summed E-state index contributed by atoms with van der Waals surface area (Å²) in [6.07, 6.45) is 1.82. The van der Waals surface area contributed by atoms with E-state index in [1.807, 2.05) is 18.2 Å². The van der Waals surface area contributed by atoms with Crippen molar-refractivity contribution in [2.24, 2.45) is 0 Å². The number of thiocarbonyl (C=S) groups is 1. The molecule has 1 N–H and O–H groups in total. The summed E-state index contributed by atoms with van der Waals surface area (Å²) in [4.78, 5) is 10.2. The van der Waals surface area contributed by atoms with Gasteiger partial charge >= 0.3 is 0 Å². The number of thioether (sulfide) groups is 1. The van der Waals surface area contributed by atoms with Crippen LogP contribution in [0, 0.1) is 10.1 Å². The summed E-state index contributed by atoms with van der Waals surface area (Å²) < 4.78 is 1.01. The topological polar surface area (TPSA) is 55.2 Å². The molecule has 2 rings (SSSR count). The van der Waals surface area contributed by atoms with E-state index in [9.17, 15) is 10.1 Å². The molecule has 120 valence electrons. The molecule has 2 aromatic rings. The zero-order valence-electron chi connectivity index (χ0n) is 12.6. The van der Waals surface area contributed by atoms with Crippen LogP contribution in [0.2, 0.25) is 0 Å². The van der Waals surface area contributed by atoms with Crippen LogP contribution in [0.3, 0.4) is 0 Å². The van der Waals surface area contributed by atoms with E-state index in [4.69, 9.17) is 12.2 Å². The lowest BCUT2D eigenvalue weighted by Gasteiger charge is -2.07. The quantitative estimate of drug-likeness (QED) is 0.314. The molecule has 2 aromatic carbocycles. The van der Waals surface area contributed by atoms with E-state index >= 15 is 0 Å². The maximum atomic E-state index is 10.6. The fourth-order valence-electron chi connectivity index (χ4n) is 1.98. The molecule has 0 unspecified atom stereocenters. The van der Waals surface area contributed by atoms with Gasteiger partial charge in [0.1, 0.15) is 0 Å². The number of nitro groups is 1. The van der Waals surface area contributed by atoms with Crippen molar-refractivity contribution in [1.29, 1.82) is 0 Å². The van der Waals surface area contributed by atoms with Crippen LogP contribution >= 0.6 is 24.0 Å². The van der Waals surface area contributed by atoms with Crippen molar-refractivity contribution in [3.63, 3.8) is 0 Å². The molecular formula is C17H18N2O2S2. The molecule has 0 spiro atoms. The molecule has 23 heavy (non-hydrogen) atoms. The van der Waals surface area contributed by atoms with Crippen LogP contribution in [0.15, 0.2) is 54.6 Å². The third kappa shape index (κ3) is 6.38. The lowest BCUT2D eigenvalue weighted by atomic mass is 10.2. The van der Waals surface area contributed by atoms with Crippen LogP contribution in [-0.4, -0.2) is 15.7 Å². The van der Waals surface area contributed by atoms with Crippen molar-refractivity contribution in [3.05, 3.63) is 70.3 Å². The van der Waals surface area contributed by atoms with Crippen molar-refractivity contribution < 1.29 is 4.92 Å². The fraction of sp³-hybridized carbons (Fsp3) is 0.235. The Labute approximate surface area is 145 Å². The molecule has 0 aromatic heterocycles. The molecule has 0 fully saturated rings. The number of anilines is 1. The van der Waals surface area contributed by atoms with Crippen LogP contribution in [-0.2, 0) is 5.75 Å². The van der Waals surface area contributed by atoms with Gasteiger partial charge in [-0.2, -0.15) is 0 Å². The number of rotatable bonds is 8. The lowest BCUT2D eigenvalue weighted by molar-refractivity contribution is -0.384. The molecule has 6 heteroatoms. The van der Waals surface area contributed by atoms with Crippen molar-refractivity contribution in [2.75, 3.05) is 11.9 Å². The monoisotopic (exact) mass is 346 g/mol. The van der Waals surface area contributed by atoms with Gasteiger partial charge in [0.25, 0.3) is 5.69 Å². The predicted octanol–water partition coefficient (Wildman–Crippen LogP) is 5.05. The van der Waals surface area contributed by atoms with E-state index in [1.165, 1.54) is 17.7 Å². The summed E-state index contributed by atoms with van der Waals surface area (Å²) in [5.74, 6) is 0.912. The molecule has 0 aliphatic carbocycles. The predicted molar refractivity (Wildman–Crippen MR) is 101 cm³/mol. The Morgan fingerprint density at radius 2 is 1.83 bits per heavy atom. The van der Waals surface area contributed by atoms with Crippen LogP contribution in [0.5, 0.6) is 0 Å². The lowest BCUT2D eigenvalue weighted by Crippen LogP contribution is -2.03. The van der Waals surface area contributed by atoms with Crippen molar-refractivity contribution in [3.8, 4) is 0 Å². The molecule has 0 aliphatic heterocycles. The number of nitrogens with one attached hydrogen (secondary N) is 1. The van der Waals surface area contributed by atoms with E-state index in [-0.39, 0.29) is 5.69 Å². The first-order valence-electron chi connectivity index (χ1n) is 7.33. The first kappa shape index (κ1) is 17.4. The molecule has 0 radical (unpaired) electrons. The number of hydrogen-bond acceptors (Lipinski definition) is 5.